The van der Waals surface area contributed by atoms with Gasteiger partial charge in [-0.05, 0) is 50.5 Å². The molecule has 1 aromatic heterocycles. The summed E-state index contributed by atoms with van der Waals surface area (Å²) in [7, 11) is 0. The van der Waals surface area contributed by atoms with Crippen LogP contribution < -0.4 is 19.7 Å². The molecule has 2 aromatic carbocycles. The number of aromatic nitrogens is 2. The molecule has 0 radical (unpaired) electrons. The third-order valence-electron chi connectivity index (χ3n) is 5.50. The zero-order chi connectivity index (χ0) is 22.3. The van der Waals surface area contributed by atoms with Gasteiger partial charge in [0.25, 0.3) is 5.88 Å². The number of nitrogens with one attached hydrogen (secondary N) is 1. The maximum absolute atomic E-state index is 13.1. The molecule has 2 heterocycles. The summed E-state index contributed by atoms with van der Waals surface area (Å²) in [5.74, 6) is 1.77. The second kappa shape index (κ2) is 10.3. The van der Waals surface area contributed by atoms with Crippen molar-refractivity contribution in [3.63, 3.8) is 0 Å². The number of nitrogens with zero attached hydrogens (tertiary/aromatic N) is 3. The molecule has 1 fully saturated rings. The van der Waals surface area contributed by atoms with Gasteiger partial charge in [0.05, 0.1) is 35.9 Å². The first-order valence-corrected chi connectivity index (χ1v) is 11.4. The Balaban J connectivity index is 1.55. The number of carbonyl (C=O) groups excluding carboxylic acids is 1. The Labute approximate surface area is 188 Å². The van der Waals surface area contributed by atoms with Crippen LogP contribution in [0, 0.1) is 5.92 Å². The summed E-state index contributed by atoms with van der Waals surface area (Å²) in [5.41, 5.74) is 2.33. The molecule has 32 heavy (non-hydrogen) atoms. The van der Waals surface area contributed by atoms with Crippen molar-refractivity contribution in [2.45, 2.75) is 33.1 Å². The van der Waals surface area contributed by atoms with Crippen LogP contribution in [0.2, 0.25) is 0 Å². The molecular weight excluding hydrogens is 404 g/mol. The number of hydrogen-bond acceptors (Lipinski definition) is 6. The molecule has 1 atom stereocenters. The number of hydrogen-bond donors (Lipinski definition) is 1. The maximum Gasteiger partial charge on any atom is 0.258 e. The van der Waals surface area contributed by atoms with E-state index in [-0.39, 0.29) is 11.8 Å². The highest BCUT2D eigenvalue weighted by atomic mass is 16.5. The quantitative estimate of drug-likeness (QED) is 0.555. The van der Waals surface area contributed by atoms with Crippen LogP contribution in [0.4, 0.5) is 11.5 Å². The Morgan fingerprint density at radius 3 is 2.59 bits per heavy atom. The molecule has 0 saturated carbocycles. The Morgan fingerprint density at radius 2 is 1.81 bits per heavy atom. The minimum absolute atomic E-state index is 0.00775. The highest BCUT2D eigenvalue weighted by Crippen LogP contribution is 2.32. The summed E-state index contributed by atoms with van der Waals surface area (Å²) in [6, 6.07) is 15.3. The molecule has 1 saturated heterocycles. The lowest BCUT2D eigenvalue weighted by atomic mass is 9.97. The minimum Gasteiger partial charge on any atom is -0.492 e. The van der Waals surface area contributed by atoms with Gasteiger partial charge in [-0.2, -0.15) is 0 Å². The van der Waals surface area contributed by atoms with Crippen LogP contribution in [-0.4, -0.2) is 42.2 Å². The lowest BCUT2D eigenvalue weighted by molar-refractivity contribution is -0.120. The van der Waals surface area contributed by atoms with Crippen LogP contribution in [0.5, 0.6) is 11.6 Å². The minimum atomic E-state index is -0.161. The number of rotatable bonds is 8. The van der Waals surface area contributed by atoms with Gasteiger partial charge in [-0.1, -0.05) is 31.2 Å². The lowest BCUT2D eigenvalue weighted by Crippen LogP contribution is -2.41. The summed E-state index contributed by atoms with van der Waals surface area (Å²) in [4.78, 5) is 24.8. The average Bonchev–Trinajstić information content (AvgIpc) is 2.83. The number of para-hydroxylation sites is 4. The van der Waals surface area contributed by atoms with Crippen LogP contribution in [0.1, 0.15) is 33.1 Å². The molecule has 0 spiro atoms. The van der Waals surface area contributed by atoms with E-state index in [0.29, 0.717) is 42.9 Å². The van der Waals surface area contributed by atoms with Gasteiger partial charge in [0.15, 0.2) is 5.82 Å². The molecule has 7 nitrogen and oxygen atoms in total. The van der Waals surface area contributed by atoms with Gasteiger partial charge in [-0.25, -0.2) is 9.97 Å². The first-order valence-electron chi connectivity index (χ1n) is 11.4. The van der Waals surface area contributed by atoms with Crippen LogP contribution in [0.25, 0.3) is 11.0 Å². The summed E-state index contributed by atoms with van der Waals surface area (Å²) in [5, 5.41) is 3.06. The number of ether oxygens (including phenoxy) is 2. The molecule has 7 heteroatoms. The largest absolute Gasteiger partial charge is 0.492 e. The molecule has 1 aliphatic rings. The van der Waals surface area contributed by atoms with Crippen LogP contribution in [0.15, 0.2) is 48.5 Å². The zero-order valence-corrected chi connectivity index (χ0v) is 18.7. The van der Waals surface area contributed by atoms with E-state index in [0.717, 1.165) is 36.8 Å². The van der Waals surface area contributed by atoms with Gasteiger partial charge in [0.1, 0.15) is 5.75 Å². The molecule has 1 amide bonds. The van der Waals surface area contributed by atoms with Crippen molar-refractivity contribution >= 4 is 28.4 Å². The number of piperidine rings is 1. The summed E-state index contributed by atoms with van der Waals surface area (Å²) >= 11 is 0. The van der Waals surface area contributed by atoms with Crippen molar-refractivity contribution in [3.05, 3.63) is 48.5 Å². The van der Waals surface area contributed by atoms with Gasteiger partial charge >= 0.3 is 0 Å². The number of carbonyl (C=O) groups is 1. The highest BCUT2D eigenvalue weighted by Gasteiger charge is 2.29. The normalized spacial score (nSPS) is 16.1. The maximum atomic E-state index is 13.1. The predicted octanol–water partition coefficient (Wildman–Crippen LogP) is 4.67. The third kappa shape index (κ3) is 4.93. The predicted molar refractivity (Wildman–Crippen MR) is 127 cm³/mol. The van der Waals surface area contributed by atoms with E-state index < -0.39 is 0 Å². The fraction of sp³-hybridized carbons (Fsp3) is 0.400. The van der Waals surface area contributed by atoms with E-state index in [1.54, 1.807) is 0 Å². The molecule has 168 valence electrons. The Morgan fingerprint density at radius 1 is 1.06 bits per heavy atom. The van der Waals surface area contributed by atoms with Gasteiger partial charge < -0.3 is 19.7 Å². The Hall–Kier alpha value is -3.35. The Kier molecular flexibility index (Phi) is 7.04. The fourth-order valence-electron chi connectivity index (χ4n) is 3.95. The van der Waals surface area contributed by atoms with E-state index in [1.807, 2.05) is 55.5 Å². The van der Waals surface area contributed by atoms with E-state index in [9.17, 15) is 4.79 Å². The van der Waals surface area contributed by atoms with Gasteiger partial charge in [0, 0.05) is 13.1 Å². The van der Waals surface area contributed by atoms with E-state index in [4.69, 9.17) is 19.4 Å². The molecule has 0 aliphatic carbocycles. The monoisotopic (exact) mass is 434 g/mol. The second-order valence-electron chi connectivity index (χ2n) is 7.89. The van der Waals surface area contributed by atoms with Crippen molar-refractivity contribution in [2.24, 2.45) is 5.92 Å². The first-order chi connectivity index (χ1) is 15.7. The zero-order valence-electron chi connectivity index (χ0n) is 18.7. The van der Waals surface area contributed by atoms with Crippen LogP contribution in [-0.2, 0) is 4.79 Å². The van der Waals surface area contributed by atoms with Gasteiger partial charge in [-0.3, -0.25) is 4.79 Å². The molecule has 4 rings (SSSR count). The van der Waals surface area contributed by atoms with Gasteiger partial charge in [0.2, 0.25) is 5.91 Å². The Bertz CT molecular complexity index is 1070. The molecule has 1 aliphatic heterocycles. The van der Waals surface area contributed by atoms with Crippen LogP contribution >= 0.6 is 0 Å². The summed E-state index contributed by atoms with van der Waals surface area (Å²) < 4.78 is 11.6. The number of benzene rings is 2. The third-order valence-corrected chi connectivity index (χ3v) is 5.50. The smallest absolute Gasteiger partial charge is 0.258 e. The molecule has 0 unspecified atom stereocenters. The standard InChI is InChI=1S/C25H30N4O3/c1-3-16-32-25-23(26-19-11-5-6-12-20(19)28-25)29-15-9-10-18(17-29)24(30)27-21-13-7-8-14-22(21)31-4-2/h5-8,11-14,18H,3-4,9-10,15-17H2,1-2H3,(H,27,30)/t18-/m0/s1. The molecule has 1 N–H and O–H groups in total. The lowest BCUT2D eigenvalue weighted by Gasteiger charge is -2.33. The fourth-order valence-corrected chi connectivity index (χ4v) is 3.95. The molecular formula is C25H30N4O3. The summed E-state index contributed by atoms with van der Waals surface area (Å²) in [6.07, 6.45) is 2.61. The van der Waals surface area contributed by atoms with Crippen molar-refractivity contribution in [2.75, 3.05) is 36.5 Å². The highest BCUT2D eigenvalue weighted by molar-refractivity contribution is 5.94. The topological polar surface area (TPSA) is 76.6 Å². The van der Waals surface area contributed by atoms with E-state index >= 15 is 0 Å². The number of fused-ring (bicyclic) bond motifs is 1. The van der Waals surface area contributed by atoms with Gasteiger partial charge in [-0.15, -0.1) is 0 Å². The van der Waals surface area contributed by atoms with E-state index in [1.165, 1.54) is 0 Å². The van der Waals surface area contributed by atoms with Crippen molar-refractivity contribution in [3.8, 4) is 11.6 Å². The van der Waals surface area contributed by atoms with Crippen molar-refractivity contribution in [1.82, 2.24) is 9.97 Å². The first kappa shape index (κ1) is 21.9. The van der Waals surface area contributed by atoms with E-state index in [2.05, 4.69) is 17.1 Å². The molecule has 3 aromatic rings. The average molecular weight is 435 g/mol. The number of anilines is 2. The van der Waals surface area contributed by atoms with Crippen molar-refractivity contribution < 1.29 is 14.3 Å². The SMILES string of the molecule is CCCOc1nc2ccccc2nc1N1CCC[C@H](C(=O)Nc2ccccc2OCC)C1. The van der Waals surface area contributed by atoms with Crippen molar-refractivity contribution in [1.29, 1.82) is 0 Å². The number of amides is 1. The second-order valence-corrected chi connectivity index (χ2v) is 7.89. The van der Waals surface area contributed by atoms with Crippen LogP contribution in [0.3, 0.4) is 0 Å². The molecule has 0 bridgehead atoms. The summed E-state index contributed by atoms with van der Waals surface area (Å²) in [6.45, 7) is 6.50.